The molecular formula is C10H9Br2NO3S. The van der Waals surface area contributed by atoms with Gasteiger partial charge in [0.1, 0.15) is 0 Å². The molecule has 4 nitrogen and oxygen atoms in total. The second-order valence-electron chi connectivity index (χ2n) is 3.91. The van der Waals surface area contributed by atoms with E-state index in [-0.39, 0.29) is 17.9 Å². The highest BCUT2D eigenvalue weighted by Crippen LogP contribution is 2.33. The molecule has 0 radical (unpaired) electrons. The highest BCUT2D eigenvalue weighted by atomic mass is 79.9. The zero-order valence-corrected chi connectivity index (χ0v) is 12.6. The summed E-state index contributed by atoms with van der Waals surface area (Å²) >= 11 is 8.06. The van der Waals surface area contributed by atoms with Crippen molar-refractivity contribution in [3.63, 3.8) is 0 Å². The van der Waals surface area contributed by atoms with Crippen LogP contribution in [0.3, 0.4) is 0 Å². The Morgan fingerprint density at radius 1 is 1.41 bits per heavy atom. The van der Waals surface area contributed by atoms with Crippen LogP contribution in [0.5, 0.6) is 0 Å². The topological polar surface area (TPSA) is 66.4 Å². The SMILES string of the molecule is O=C(NC1CC(C(=O)O)C1)c1cc(Br)sc1Br. The van der Waals surface area contributed by atoms with Crippen molar-refractivity contribution >= 4 is 55.1 Å². The molecule has 1 aromatic heterocycles. The van der Waals surface area contributed by atoms with E-state index in [1.54, 1.807) is 6.07 Å². The van der Waals surface area contributed by atoms with E-state index in [2.05, 4.69) is 37.2 Å². The Balaban J connectivity index is 1.91. The molecule has 0 spiro atoms. The van der Waals surface area contributed by atoms with Gasteiger partial charge in [0, 0.05) is 6.04 Å². The number of carbonyl (C=O) groups is 2. The molecule has 1 aliphatic carbocycles. The Morgan fingerprint density at radius 3 is 2.53 bits per heavy atom. The van der Waals surface area contributed by atoms with Crippen LogP contribution in [-0.4, -0.2) is 23.0 Å². The minimum atomic E-state index is -0.782. The summed E-state index contributed by atoms with van der Waals surface area (Å²) in [5, 5.41) is 11.6. The van der Waals surface area contributed by atoms with Crippen LogP contribution < -0.4 is 5.32 Å². The molecule has 1 aliphatic rings. The quantitative estimate of drug-likeness (QED) is 0.844. The maximum absolute atomic E-state index is 11.9. The fourth-order valence-corrected chi connectivity index (χ4v) is 4.49. The lowest BCUT2D eigenvalue weighted by Crippen LogP contribution is -2.46. The molecule has 0 aliphatic heterocycles. The molecule has 0 unspecified atom stereocenters. The Kier molecular flexibility index (Phi) is 3.89. The molecule has 7 heteroatoms. The van der Waals surface area contributed by atoms with Crippen LogP contribution in [0.4, 0.5) is 0 Å². The first-order valence-electron chi connectivity index (χ1n) is 4.96. The first-order valence-corrected chi connectivity index (χ1v) is 7.36. The summed E-state index contributed by atoms with van der Waals surface area (Å²) in [4.78, 5) is 22.5. The molecule has 2 N–H and O–H groups in total. The third-order valence-corrected chi connectivity index (χ3v) is 5.06. The Bertz CT molecular complexity index is 468. The van der Waals surface area contributed by atoms with Crippen LogP contribution >= 0.6 is 43.2 Å². The van der Waals surface area contributed by atoms with Crippen molar-refractivity contribution in [2.45, 2.75) is 18.9 Å². The molecule has 92 valence electrons. The monoisotopic (exact) mass is 381 g/mol. The van der Waals surface area contributed by atoms with E-state index >= 15 is 0 Å². The summed E-state index contributed by atoms with van der Waals surface area (Å²) in [6.07, 6.45) is 1.04. The van der Waals surface area contributed by atoms with Crippen LogP contribution in [0.25, 0.3) is 0 Å². The molecule has 0 bridgehead atoms. The van der Waals surface area contributed by atoms with Gasteiger partial charge in [-0.05, 0) is 50.8 Å². The number of hydrogen-bond acceptors (Lipinski definition) is 3. The largest absolute Gasteiger partial charge is 0.481 e. The average Bonchev–Trinajstić information content (AvgIpc) is 2.49. The predicted octanol–water partition coefficient (Wildman–Crippen LogP) is 2.87. The second kappa shape index (κ2) is 5.07. The lowest BCUT2D eigenvalue weighted by molar-refractivity contribution is -0.145. The normalized spacial score (nSPS) is 22.9. The highest BCUT2D eigenvalue weighted by molar-refractivity contribution is 9.12. The molecule has 0 atom stereocenters. The van der Waals surface area contributed by atoms with Gasteiger partial charge in [-0.3, -0.25) is 9.59 Å². The van der Waals surface area contributed by atoms with Gasteiger partial charge in [-0.1, -0.05) is 0 Å². The molecule has 1 heterocycles. The Labute approximate surface area is 119 Å². The molecule has 1 saturated carbocycles. The molecule has 1 aromatic rings. The first kappa shape index (κ1) is 13.0. The van der Waals surface area contributed by atoms with Gasteiger partial charge in [0.05, 0.1) is 19.1 Å². The first-order chi connectivity index (χ1) is 7.97. The molecule has 0 aromatic carbocycles. The number of carbonyl (C=O) groups excluding carboxylic acids is 1. The lowest BCUT2D eigenvalue weighted by atomic mass is 9.80. The van der Waals surface area contributed by atoms with Gasteiger partial charge in [0.15, 0.2) is 0 Å². The van der Waals surface area contributed by atoms with Crippen molar-refractivity contribution < 1.29 is 14.7 Å². The number of carboxylic acid groups (broad SMARTS) is 1. The zero-order chi connectivity index (χ0) is 12.6. The van der Waals surface area contributed by atoms with Gasteiger partial charge in [-0.2, -0.15) is 0 Å². The smallest absolute Gasteiger partial charge is 0.306 e. The van der Waals surface area contributed by atoms with E-state index in [0.29, 0.717) is 18.4 Å². The van der Waals surface area contributed by atoms with Crippen molar-refractivity contribution in [2.75, 3.05) is 0 Å². The van der Waals surface area contributed by atoms with Gasteiger partial charge in [-0.15, -0.1) is 11.3 Å². The summed E-state index contributed by atoms with van der Waals surface area (Å²) in [6, 6.07) is 1.73. The van der Waals surface area contributed by atoms with Crippen molar-refractivity contribution in [1.29, 1.82) is 0 Å². The standard InChI is InChI=1S/C10H9Br2NO3S/c11-7-3-6(8(12)17-7)9(14)13-5-1-4(2-5)10(15)16/h3-5H,1-2H2,(H,13,14)(H,15,16). The van der Waals surface area contributed by atoms with Crippen LogP contribution in [0, 0.1) is 5.92 Å². The van der Waals surface area contributed by atoms with Gasteiger partial charge in [0.25, 0.3) is 5.91 Å². The van der Waals surface area contributed by atoms with Gasteiger partial charge in [0.2, 0.25) is 0 Å². The summed E-state index contributed by atoms with van der Waals surface area (Å²) in [5.41, 5.74) is 0.584. The average molecular weight is 383 g/mol. The highest BCUT2D eigenvalue weighted by Gasteiger charge is 2.35. The minimum absolute atomic E-state index is 0.0193. The van der Waals surface area contributed by atoms with Crippen LogP contribution in [0.2, 0.25) is 0 Å². The summed E-state index contributed by atoms with van der Waals surface area (Å²) in [5.74, 6) is -1.25. The molecule has 1 amide bonds. The number of rotatable bonds is 3. The van der Waals surface area contributed by atoms with Crippen molar-refractivity contribution in [3.8, 4) is 0 Å². The van der Waals surface area contributed by atoms with E-state index in [1.165, 1.54) is 11.3 Å². The predicted molar refractivity (Wildman–Crippen MR) is 71.3 cm³/mol. The Morgan fingerprint density at radius 2 is 2.06 bits per heavy atom. The second-order valence-corrected chi connectivity index (χ2v) is 7.66. The minimum Gasteiger partial charge on any atom is -0.481 e. The van der Waals surface area contributed by atoms with Gasteiger partial charge < -0.3 is 10.4 Å². The maximum atomic E-state index is 11.9. The fourth-order valence-electron chi connectivity index (χ4n) is 1.70. The molecule has 17 heavy (non-hydrogen) atoms. The number of amides is 1. The molecule has 1 fully saturated rings. The van der Waals surface area contributed by atoms with Gasteiger partial charge in [-0.25, -0.2) is 0 Å². The number of carboxylic acids is 1. The molecular weight excluding hydrogens is 374 g/mol. The molecule has 0 saturated heterocycles. The number of halogens is 2. The number of nitrogens with one attached hydrogen (secondary N) is 1. The van der Waals surface area contributed by atoms with Crippen molar-refractivity contribution in [2.24, 2.45) is 5.92 Å². The maximum Gasteiger partial charge on any atom is 0.306 e. The summed E-state index contributed by atoms with van der Waals surface area (Å²) in [7, 11) is 0. The third kappa shape index (κ3) is 2.89. The van der Waals surface area contributed by atoms with E-state index in [4.69, 9.17) is 5.11 Å². The van der Waals surface area contributed by atoms with Crippen LogP contribution in [0.1, 0.15) is 23.2 Å². The third-order valence-electron chi connectivity index (χ3n) is 2.72. The van der Waals surface area contributed by atoms with Crippen LogP contribution in [0.15, 0.2) is 13.6 Å². The number of hydrogen-bond donors (Lipinski definition) is 2. The van der Waals surface area contributed by atoms with Crippen molar-refractivity contribution in [3.05, 3.63) is 19.2 Å². The zero-order valence-electron chi connectivity index (χ0n) is 8.57. The Hall–Kier alpha value is -0.400. The summed E-state index contributed by atoms with van der Waals surface area (Å²) < 4.78 is 1.66. The van der Waals surface area contributed by atoms with E-state index in [9.17, 15) is 9.59 Å². The fraction of sp³-hybridized carbons (Fsp3) is 0.400. The lowest BCUT2D eigenvalue weighted by Gasteiger charge is -2.32. The molecule has 2 rings (SSSR count). The van der Waals surface area contributed by atoms with E-state index in [1.807, 2.05) is 0 Å². The van der Waals surface area contributed by atoms with Crippen molar-refractivity contribution in [1.82, 2.24) is 5.32 Å². The van der Waals surface area contributed by atoms with E-state index in [0.717, 1.165) is 7.57 Å². The van der Waals surface area contributed by atoms with E-state index < -0.39 is 5.97 Å². The number of aliphatic carboxylic acids is 1. The van der Waals surface area contributed by atoms with Gasteiger partial charge >= 0.3 is 5.97 Å². The summed E-state index contributed by atoms with van der Waals surface area (Å²) in [6.45, 7) is 0. The number of thiophene rings is 1. The van der Waals surface area contributed by atoms with Crippen LogP contribution in [-0.2, 0) is 4.79 Å².